The van der Waals surface area contributed by atoms with Gasteiger partial charge in [0.25, 0.3) is 0 Å². The van der Waals surface area contributed by atoms with Crippen molar-refractivity contribution in [1.29, 1.82) is 0 Å². The predicted molar refractivity (Wildman–Crippen MR) is 128 cm³/mol. The van der Waals surface area contributed by atoms with Gasteiger partial charge in [-0.2, -0.15) is 0 Å². The minimum absolute atomic E-state index is 0.00588. The lowest BCUT2D eigenvalue weighted by Crippen LogP contribution is -2.48. The first-order chi connectivity index (χ1) is 15.9. The highest BCUT2D eigenvalue weighted by molar-refractivity contribution is 5.88. The molecule has 0 saturated carbocycles. The van der Waals surface area contributed by atoms with E-state index >= 15 is 0 Å². The van der Waals surface area contributed by atoms with Crippen molar-refractivity contribution in [3.8, 4) is 0 Å². The standard InChI is InChI=1S/C24H42N2O9/c1-22(2,3)17(27)14-35-13-12-34-11-10-25-18(28)9-8-16(19(29)30)26-20(31)23(4,5)15-24(6,7)21(32)33/h16H,8-15H2,1-7H3,(H,25,28)(H,26,31)(H,29,30)(H,32,33)/t16-/m0/s1. The lowest BCUT2D eigenvalue weighted by Gasteiger charge is -2.32. The van der Waals surface area contributed by atoms with Crippen LogP contribution in [0.3, 0.4) is 0 Å². The zero-order valence-electron chi connectivity index (χ0n) is 22.0. The summed E-state index contributed by atoms with van der Waals surface area (Å²) >= 11 is 0. The molecule has 0 spiro atoms. The Balaban J connectivity index is 4.33. The Morgan fingerprint density at radius 3 is 1.91 bits per heavy atom. The van der Waals surface area contributed by atoms with Crippen molar-refractivity contribution in [2.45, 2.75) is 73.8 Å². The Morgan fingerprint density at radius 1 is 0.829 bits per heavy atom. The van der Waals surface area contributed by atoms with E-state index in [4.69, 9.17) is 9.47 Å². The number of aliphatic carboxylic acids is 2. The topological polar surface area (TPSA) is 168 Å². The predicted octanol–water partition coefficient (Wildman–Crippen LogP) is 1.63. The molecule has 35 heavy (non-hydrogen) atoms. The van der Waals surface area contributed by atoms with Crippen molar-refractivity contribution in [2.24, 2.45) is 16.2 Å². The largest absolute Gasteiger partial charge is 0.481 e. The minimum Gasteiger partial charge on any atom is -0.481 e. The van der Waals surface area contributed by atoms with Crippen LogP contribution in [0.4, 0.5) is 0 Å². The van der Waals surface area contributed by atoms with Gasteiger partial charge in [0.15, 0.2) is 5.78 Å². The van der Waals surface area contributed by atoms with Crippen molar-refractivity contribution in [2.75, 3.05) is 33.0 Å². The van der Waals surface area contributed by atoms with E-state index in [1.165, 1.54) is 13.8 Å². The summed E-state index contributed by atoms with van der Waals surface area (Å²) < 4.78 is 10.6. The summed E-state index contributed by atoms with van der Waals surface area (Å²) in [5, 5.41) is 23.7. The number of rotatable bonds is 17. The van der Waals surface area contributed by atoms with Crippen LogP contribution in [0, 0.1) is 16.2 Å². The average Bonchev–Trinajstić information content (AvgIpc) is 2.70. The maximum atomic E-state index is 12.6. The second kappa shape index (κ2) is 14.1. The normalized spacial score (nSPS) is 13.1. The van der Waals surface area contributed by atoms with Gasteiger partial charge in [-0.1, -0.05) is 34.6 Å². The number of carbonyl (C=O) groups is 5. The van der Waals surface area contributed by atoms with Crippen LogP contribution in [0.15, 0.2) is 0 Å². The van der Waals surface area contributed by atoms with Crippen LogP contribution in [0.2, 0.25) is 0 Å². The molecule has 0 radical (unpaired) electrons. The van der Waals surface area contributed by atoms with E-state index in [0.717, 1.165) is 0 Å². The molecular weight excluding hydrogens is 460 g/mol. The van der Waals surface area contributed by atoms with E-state index in [1.807, 2.05) is 20.8 Å². The first-order valence-electron chi connectivity index (χ1n) is 11.6. The molecule has 0 aliphatic rings. The summed E-state index contributed by atoms with van der Waals surface area (Å²) in [5.74, 6) is -3.34. The Kier molecular flexibility index (Phi) is 13.1. The van der Waals surface area contributed by atoms with Crippen LogP contribution in [0.1, 0.15) is 67.7 Å². The third-order valence-corrected chi connectivity index (χ3v) is 5.35. The van der Waals surface area contributed by atoms with Crippen molar-refractivity contribution in [3.63, 3.8) is 0 Å². The summed E-state index contributed by atoms with van der Waals surface area (Å²) in [4.78, 5) is 59.3. The Labute approximate surface area is 207 Å². The fourth-order valence-corrected chi connectivity index (χ4v) is 3.10. The molecule has 0 heterocycles. The van der Waals surface area contributed by atoms with E-state index in [2.05, 4.69) is 10.6 Å². The van der Waals surface area contributed by atoms with Gasteiger partial charge in [-0.25, -0.2) is 4.79 Å². The van der Waals surface area contributed by atoms with Gasteiger partial charge in [0, 0.05) is 23.8 Å². The number of hydrogen-bond donors (Lipinski definition) is 4. The van der Waals surface area contributed by atoms with Gasteiger partial charge < -0.3 is 30.3 Å². The molecule has 202 valence electrons. The van der Waals surface area contributed by atoms with Crippen LogP contribution in [-0.2, 0) is 33.4 Å². The highest BCUT2D eigenvalue weighted by Gasteiger charge is 2.40. The number of Topliss-reactive ketones (excluding diaryl/α,β-unsaturated/α-hetero) is 1. The monoisotopic (exact) mass is 502 g/mol. The van der Waals surface area contributed by atoms with Crippen molar-refractivity contribution < 1.29 is 43.7 Å². The molecule has 11 nitrogen and oxygen atoms in total. The Bertz CT molecular complexity index is 755. The molecule has 0 aromatic carbocycles. The summed E-state index contributed by atoms with van der Waals surface area (Å²) in [6, 6.07) is -1.29. The molecular formula is C24H42N2O9. The van der Waals surface area contributed by atoms with Gasteiger partial charge in [0.1, 0.15) is 12.6 Å². The third kappa shape index (κ3) is 13.2. The van der Waals surface area contributed by atoms with Gasteiger partial charge >= 0.3 is 11.9 Å². The number of carbonyl (C=O) groups excluding carboxylic acids is 3. The molecule has 0 rings (SSSR count). The first-order valence-corrected chi connectivity index (χ1v) is 11.6. The molecule has 0 unspecified atom stereocenters. The Hall–Kier alpha value is -2.53. The number of ether oxygens (including phenoxy) is 2. The van der Waals surface area contributed by atoms with Crippen molar-refractivity contribution in [1.82, 2.24) is 10.6 Å². The quantitative estimate of drug-likeness (QED) is 0.216. The van der Waals surface area contributed by atoms with Crippen LogP contribution in [-0.4, -0.2) is 78.8 Å². The van der Waals surface area contributed by atoms with Crippen LogP contribution >= 0.6 is 0 Å². The number of carboxylic acids is 2. The smallest absolute Gasteiger partial charge is 0.326 e. The lowest BCUT2D eigenvalue weighted by atomic mass is 9.74. The summed E-state index contributed by atoms with van der Waals surface area (Å²) in [6.45, 7) is 12.5. The third-order valence-electron chi connectivity index (χ3n) is 5.35. The van der Waals surface area contributed by atoms with E-state index in [1.54, 1.807) is 13.8 Å². The van der Waals surface area contributed by atoms with Gasteiger partial charge in [0.2, 0.25) is 11.8 Å². The number of carboxylic acid groups (broad SMARTS) is 2. The van der Waals surface area contributed by atoms with E-state index < -0.39 is 46.0 Å². The molecule has 11 heteroatoms. The van der Waals surface area contributed by atoms with Crippen LogP contribution in [0.25, 0.3) is 0 Å². The van der Waals surface area contributed by atoms with Gasteiger partial charge in [0.05, 0.1) is 25.2 Å². The van der Waals surface area contributed by atoms with Gasteiger partial charge in [-0.15, -0.1) is 0 Å². The molecule has 1 atom stereocenters. The SMILES string of the molecule is CC(C)(C)C(=O)COCCOCCNC(=O)CC[C@H](NC(=O)C(C)(C)CC(C)(C)C(=O)O)C(=O)O. The average molecular weight is 503 g/mol. The van der Waals surface area contributed by atoms with Crippen molar-refractivity contribution in [3.05, 3.63) is 0 Å². The highest BCUT2D eigenvalue weighted by atomic mass is 16.5. The van der Waals surface area contributed by atoms with Crippen LogP contribution in [0.5, 0.6) is 0 Å². The molecule has 0 aliphatic carbocycles. The zero-order chi connectivity index (χ0) is 27.4. The molecule has 2 amide bonds. The minimum atomic E-state index is -1.29. The molecule has 0 saturated heterocycles. The summed E-state index contributed by atoms with van der Waals surface area (Å²) in [5.41, 5.74) is -2.75. The maximum absolute atomic E-state index is 12.6. The number of amides is 2. The fraction of sp³-hybridized carbons (Fsp3) is 0.792. The number of hydrogen-bond acceptors (Lipinski definition) is 7. The second-order valence-corrected chi connectivity index (χ2v) is 10.8. The van der Waals surface area contributed by atoms with Gasteiger partial charge in [-0.3, -0.25) is 19.2 Å². The molecule has 0 aromatic heterocycles. The van der Waals surface area contributed by atoms with Crippen molar-refractivity contribution >= 4 is 29.5 Å². The Morgan fingerprint density at radius 2 is 1.40 bits per heavy atom. The molecule has 0 bridgehead atoms. The number of ketones is 1. The fourth-order valence-electron chi connectivity index (χ4n) is 3.10. The summed E-state index contributed by atoms with van der Waals surface area (Å²) in [7, 11) is 0. The molecule has 0 aromatic rings. The van der Waals surface area contributed by atoms with E-state index in [9.17, 15) is 34.2 Å². The molecule has 0 fully saturated rings. The molecule has 4 N–H and O–H groups in total. The second-order valence-electron chi connectivity index (χ2n) is 10.8. The zero-order valence-corrected chi connectivity index (χ0v) is 22.0. The van der Waals surface area contributed by atoms with Crippen LogP contribution < -0.4 is 10.6 Å². The van der Waals surface area contributed by atoms with Gasteiger partial charge in [-0.05, 0) is 26.7 Å². The summed E-state index contributed by atoms with van der Waals surface area (Å²) in [6.07, 6.45) is -0.246. The highest BCUT2D eigenvalue weighted by Crippen LogP contribution is 2.34. The number of nitrogens with one attached hydrogen (secondary N) is 2. The maximum Gasteiger partial charge on any atom is 0.326 e. The van der Waals surface area contributed by atoms with E-state index in [0.29, 0.717) is 0 Å². The lowest BCUT2D eigenvalue weighted by molar-refractivity contribution is -0.151. The molecule has 0 aliphatic heterocycles. The van der Waals surface area contributed by atoms with E-state index in [-0.39, 0.29) is 58.0 Å². The first kappa shape index (κ1) is 32.5.